The number of carbonyl (C=O) groups is 1. The Morgan fingerprint density at radius 1 is 1.35 bits per heavy atom. The largest absolute Gasteiger partial charge is 0.493 e. The first-order valence-corrected chi connectivity index (χ1v) is 5.72. The summed E-state index contributed by atoms with van der Waals surface area (Å²) >= 11 is 0. The Balaban J connectivity index is 2.88. The minimum Gasteiger partial charge on any atom is -0.493 e. The Bertz CT molecular complexity index is 408. The van der Waals surface area contributed by atoms with Gasteiger partial charge >= 0.3 is 5.97 Å². The quantitative estimate of drug-likeness (QED) is 0.578. The molecule has 0 aliphatic heterocycles. The fourth-order valence-electron chi connectivity index (χ4n) is 1.44. The van der Waals surface area contributed by atoms with E-state index in [1.807, 2.05) is 38.1 Å². The van der Waals surface area contributed by atoms with Gasteiger partial charge in [0.2, 0.25) is 0 Å². The summed E-state index contributed by atoms with van der Waals surface area (Å²) in [6.45, 7) is 3.88. The number of methoxy groups -OCH3 is 1. The van der Waals surface area contributed by atoms with Crippen molar-refractivity contribution in [1.82, 2.24) is 0 Å². The molecule has 92 valence electrons. The van der Waals surface area contributed by atoms with E-state index in [1.165, 1.54) is 0 Å². The summed E-state index contributed by atoms with van der Waals surface area (Å²) < 4.78 is 10.4. The van der Waals surface area contributed by atoms with Crippen LogP contribution in [0, 0.1) is 0 Å². The van der Waals surface area contributed by atoms with Crippen LogP contribution in [0.3, 0.4) is 0 Å². The standard InChI is InChI=1S/C14H18O3/c1-4-6-11-8-9-12(13(10-11)16-3)17-14(15)7-5-2/h4,6,8-10H,5,7H2,1-3H3/b6-4+. The van der Waals surface area contributed by atoms with E-state index < -0.39 is 0 Å². The van der Waals surface area contributed by atoms with Gasteiger partial charge in [-0.15, -0.1) is 0 Å². The molecule has 3 heteroatoms. The number of hydrogen-bond donors (Lipinski definition) is 0. The molecule has 17 heavy (non-hydrogen) atoms. The summed E-state index contributed by atoms with van der Waals surface area (Å²) in [4.78, 5) is 11.4. The Morgan fingerprint density at radius 3 is 2.71 bits per heavy atom. The van der Waals surface area contributed by atoms with Crippen molar-refractivity contribution in [3.05, 3.63) is 29.8 Å². The van der Waals surface area contributed by atoms with E-state index >= 15 is 0 Å². The normalized spacial score (nSPS) is 10.5. The third kappa shape index (κ3) is 3.94. The van der Waals surface area contributed by atoms with Crippen molar-refractivity contribution in [2.75, 3.05) is 7.11 Å². The lowest BCUT2D eigenvalue weighted by Gasteiger charge is -2.09. The third-order valence-corrected chi connectivity index (χ3v) is 2.22. The Morgan fingerprint density at radius 2 is 2.12 bits per heavy atom. The molecule has 0 aromatic heterocycles. The molecule has 0 fully saturated rings. The van der Waals surface area contributed by atoms with E-state index in [1.54, 1.807) is 13.2 Å². The molecule has 1 rings (SSSR count). The SMILES string of the molecule is C/C=C/c1ccc(OC(=O)CCC)c(OC)c1. The topological polar surface area (TPSA) is 35.5 Å². The van der Waals surface area contributed by atoms with Crippen LogP contribution in [0.4, 0.5) is 0 Å². The van der Waals surface area contributed by atoms with Crippen molar-refractivity contribution < 1.29 is 14.3 Å². The summed E-state index contributed by atoms with van der Waals surface area (Å²) in [6.07, 6.45) is 5.09. The number of carbonyl (C=O) groups excluding carboxylic acids is 1. The van der Waals surface area contributed by atoms with Crippen LogP contribution >= 0.6 is 0 Å². The fraction of sp³-hybridized carbons (Fsp3) is 0.357. The summed E-state index contributed by atoms with van der Waals surface area (Å²) in [5.74, 6) is 0.814. The lowest BCUT2D eigenvalue weighted by molar-refractivity contribution is -0.134. The van der Waals surface area contributed by atoms with Gasteiger partial charge in [0.1, 0.15) is 0 Å². The van der Waals surface area contributed by atoms with Crippen molar-refractivity contribution in [3.63, 3.8) is 0 Å². The van der Waals surface area contributed by atoms with Gasteiger partial charge in [-0.1, -0.05) is 25.1 Å². The van der Waals surface area contributed by atoms with Gasteiger partial charge in [-0.3, -0.25) is 4.79 Å². The predicted molar refractivity (Wildman–Crippen MR) is 68.2 cm³/mol. The number of benzene rings is 1. The van der Waals surface area contributed by atoms with Crippen LogP contribution in [0.25, 0.3) is 6.08 Å². The molecule has 0 N–H and O–H groups in total. The molecule has 1 aromatic carbocycles. The number of hydrogen-bond acceptors (Lipinski definition) is 3. The van der Waals surface area contributed by atoms with Crippen molar-refractivity contribution in [3.8, 4) is 11.5 Å². The molecular formula is C14H18O3. The first-order valence-electron chi connectivity index (χ1n) is 5.72. The number of ether oxygens (including phenoxy) is 2. The second kappa shape index (κ2) is 6.74. The lowest BCUT2D eigenvalue weighted by Crippen LogP contribution is -2.07. The first kappa shape index (κ1) is 13.3. The van der Waals surface area contributed by atoms with Gasteiger partial charge in [-0.2, -0.15) is 0 Å². The van der Waals surface area contributed by atoms with E-state index in [9.17, 15) is 4.79 Å². The van der Waals surface area contributed by atoms with Gasteiger partial charge < -0.3 is 9.47 Å². The molecule has 0 saturated carbocycles. The molecule has 3 nitrogen and oxygen atoms in total. The highest BCUT2D eigenvalue weighted by molar-refractivity contribution is 5.73. The molecule has 0 aliphatic carbocycles. The maximum Gasteiger partial charge on any atom is 0.311 e. The maximum absolute atomic E-state index is 11.4. The van der Waals surface area contributed by atoms with Gasteiger partial charge in [0.25, 0.3) is 0 Å². The first-order chi connectivity index (χ1) is 8.21. The van der Waals surface area contributed by atoms with Crippen molar-refractivity contribution in [1.29, 1.82) is 0 Å². The van der Waals surface area contributed by atoms with Crippen LogP contribution in [0.2, 0.25) is 0 Å². The van der Waals surface area contributed by atoms with Gasteiger partial charge in [0.15, 0.2) is 11.5 Å². The zero-order valence-electron chi connectivity index (χ0n) is 10.5. The molecule has 0 spiro atoms. The molecule has 0 saturated heterocycles. The van der Waals surface area contributed by atoms with E-state index in [2.05, 4.69) is 0 Å². The molecular weight excluding hydrogens is 216 g/mol. The number of allylic oxidation sites excluding steroid dienone is 1. The van der Waals surface area contributed by atoms with Crippen LogP contribution in [0.5, 0.6) is 11.5 Å². The molecule has 0 unspecified atom stereocenters. The second-order valence-corrected chi connectivity index (χ2v) is 3.63. The minimum absolute atomic E-state index is 0.232. The highest BCUT2D eigenvalue weighted by Crippen LogP contribution is 2.28. The fourth-order valence-corrected chi connectivity index (χ4v) is 1.44. The van der Waals surface area contributed by atoms with Crippen LogP contribution in [-0.4, -0.2) is 13.1 Å². The van der Waals surface area contributed by atoms with E-state index in [4.69, 9.17) is 9.47 Å². The lowest BCUT2D eigenvalue weighted by atomic mass is 10.2. The summed E-state index contributed by atoms with van der Waals surface area (Å²) in [7, 11) is 1.56. The molecule has 0 atom stereocenters. The van der Waals surface area contributed by atoms with Gasteiger partial charge in [0.05, 0.1) is 7.11 Å². The highest BCUT2D eigenvalue weighted by atomic mass is 16.6. The van der Waals surface area contributed by atoms with Crippen LogP contribution < -0.4 is 9.47 Å². The van der Waals surface area contributed by atoms with Gasteiger partial charge in [-0.25, -0.2) is 0 Å². The molecule has 1 aromatic rings. The Hall–Kier alpha value is -1.77. The van der Waals surface area contributed by atoms with Crippen molar-refractivity contribution >= 4 is 12.0 Å². The number of rotatable bonds is 5. The van der Waals surface area contributed by atoms with Crippen molar-refractivity contribution in [2.24, 2.45) is 0 Å². The summed E-state index contributed by atoms with van der Waals surface area (Å²) in [6, 6.07) is 5.48. The molecule has 0 amide bonds. The number of esters is 1. The average molecular weight is 234 g/mol. The van der Waals surface area contributed by atoms with Crippen LogP contribution in [0.1, 0.15) is 32.3 Å². The van der Waals surface area contributed by atoms with E-state index in [0.29, 0.717) is 17.9 Å². The minimum atomic E-state index is -0.232. The Kier molecular flexibility index (Phi) is 5.27. The van der Waals surface area contributed by atoms with E-state index in [-0.39, 0.29) is 5.97 Å². The van der Waals surface area contributed by atoms with Gasteiger partial charge in [-0.05, 0) is 31.0 Å². The monoisotopic (exact) mass is 234 g/mol. The van der Waals surface area contributed by atoms with Gasteiger partial charge in [0, 0.05) is 6.42 Å². The highest BCUT2D eigenvalue weighted by Gasteiger charge is 2.09. The third-order valence-electron chi connectivity index (χ3n) is 2.22. The summed E-state index contributed by atoms with van der Waals surface area (Å²) in [5, 5.41) is 0. The average Bonchev–Trinajstić information content (AvgIpc) is 2.31. The maximum atomic E-state index is 11.4. The van der Waals surface area contributed by atoms with Crippen molar-refractivity contribution in [2.45, 2.75) is 26.7 Å². The second-order valence-electron chi connectivity index (χ2n) is 3.63. The molecule has 0 bridgehead atoms. The smallest absolute Gasteiger partial charge is 0.311 e. The van der Waals surface area contributed by atoms with Crippen LogP contribution in [-0.2, 0) is 4.79 Å². The molecule has 0 heterocycles. The zero-order chi connectivity index (χ0) is 12.7. The van der Waals surface area contributed by atoms with E-state index in [0.717, 1.165) is 12.0 Å². The zero-order valence-corrected chi connectivity index (χ0v) is 10.5. The molecule has 0 aliphatic rings. The van der Waals surface area contributed by atoms with Crippen LogP contribution in [0.15, 0.2) is 24.3 Å². The Labute approximate surface area is 102 Å². The molecule has 0 radical (unpaired) electrons. The predicted octanol–water partition coefficient (Wildman–Crippen LogP) is 3.43. The summed E-state index contributed by atoms with van der Waals surface area (Å²) in [5.41, 5.74) is 1.01.